The molecular formula is C17H27NO2. The van der Waals surface area contributed by atoms with Crippen LogP contribution in [-0.2, 0) is 4.79 Å². The molecule has 2 unspecified atom stereocenters. The molecule has 112 valence electrons. The highest BCUT2D eigenvalue weighted by atomic mass is 16.5. The fourth-order valence-corrected chi connectivity index (χ4v) is 2.17. The zero-order chi connectivity index (χ0) is 15.1. The zero-order valence-corrected chi connectivity index (χ0v) is 13.3. The molecular weight excluding hydrogens is 250 g/mol. The van der Waals surface area contributed by atoms with Crippen LogP contribution in [0.4, 0.5) is 0 Å². The van der Waals surface area contributed by atoms with Gasteiger partial charge in [0.15, 0.2) is 6.10 Å². The number of para-hydroxylation sites is 1. The van der Waals surface area contributed by atoms with Crippen molar-refractivity contribution in [2.75, 3.05) is 0 Å². The number of carbonyl (C=O) groups excluding carboxylic acids is 1. The van der Waals surface area contributed by atoms with Crippen molar-refractivity contribution in [1.29, 1.82) is 0 Å². The largest absolute Gasteiger partial charge is 0.481 e. The van der Waals surface area contributed by atoms with Crippen molar-refractivity contribution in [3.8, 4) is 5.75 Å². The van der Waals surface area contributed by atoms with E-state index >= 15 is 0 Å². The molecule has 0 bridgehead atoms. The highest BCUT2D eigenvalue weighted by Gasteiger charge is 2.18. The van der Waals surface area contributed by atoms with E-state index in [4.69, 9.17) is 4.74 Å². The second-order valence-corrected chi connectivity index (χ2v) is 5.65. The summed E-state index contributed by atoms with van der Waals surface area (Å²) in [6.07, 6.45) is 1.57. The van der Waals surface area contributed by atoms with Crippen LogP contribution in [0.2, 0.25) is 0 Å². The summed E-state index contributed by atoms with van der Waals surface area (Å²) >= 11 is 0. The first-order chi connectivity index (χ1) is 9.45. The third-order valence-electron chi connectivity index (χ3n) is 3.32. The van der Waals surface area contributed by atoms with Crippen LogP contribution in [0.3, 0.4) is 0 Å². The van der Waals surface area contributed by atoms with Crippen LogP contribution in [0.15, 0.2) is 24.3 Å². The van der Waals surface area contributed by atoms with Gasteiger partial charge < -0.3 is 10.1 Å². The first kappa shape index (κ1) is 16.5. The SMILES string of the molecule is CCCC(C)NC(=O)C(C)Oc1ccccc1C(C)C. The number of benzene rings is 1. The maximum absolute atomic E-state index is 12.1. The summed E-state index contributed by atoms with van der Waals surface area (Å²) in [6, 6.07) is 8.10. The molecule has 1 amide bonds. The van der Waals surface area contributed by atoms with Crippen LogP contribution in [0.1, 0.15) is 58.9 Å². The van der Waals surface area contributed by atoms with Crippen LogP contribution in [-0.4, -0.2) is 18.1 Å². The third kappa shape index (κ3) is 4.87. The number of ether oxygens (including phenoxy) is 1. The number of carbonyl (C=O) groups is 1. The summed E-state index contributed by atoms with van der Waals surface area (Å²) in [6.45, 7) is 10.2. The van der Waals surface area contributed by atoms with E-state index in [0.717, 1.165) is 24.2 Å². The van der Waals surface area contributed by atoms with Crippen LogP contribution >= 0.6 is 0 Å². The van der Waals surface area contributed by atoms with Gasteiger partial charge in [0.2, 0.25) is 0 Å². The van der Waals surface area contributed by atoms with Crippen molar-refractivity contribution >= 4 is 5.91 Å². The predicted octanol–water partition coefficient (Wildman–Crippen LogP) is 3.88. The van der Waals surface area contributed by atoms with E-state index in [9.17, 15) is 4.79 Å². The Labute approximate surface area is 122 Å². The minimum atomic E-state index is -0.478. The predicted molar refractivity (Wildman–Crippen MR) is 83.1 cm³/mol. The Morgan fingerprint density at radius 3 is 2.45 bits per heavy atom. The number of hydrogen-bond acceptors (Lipinski definition) is 2. The molecule has 0 spiro atoms. The van der Waals surface area contributed by atoms with Crippen molar-refractivity contribution in [2.45, 2.75) is 65.5 Å². The van der Waals surface area contributed by atoms with Crippen molar-refractivity contribution in [3.63, 3.8) is 0 Å². The second kappa shape index (κ2) is 7.93. The molecule has 2 atom stereocenters. The number of nitrogens with one attached hydrogen (secondary N) is 1. The van der Waals surface area contributed by atoms with Gasteiger partial charge >= 0.3 is 0 Å². The minimum Gasteiger partial charge on any atom is -0.481 e. The lowest BCUT2D eigenvalue weighted by Gasteiger charge is -2.20. The molecule has 0 saturated carbocycles. The molecule has 0 aliphatic carbocycles. The Bertz CT molecular complexity index is 429. The van der Waals surface area contributed by atoms with Crippen LogP contribution in [0, 0.1) is 0 Å². The van der Waals surface area contributed by atoms with Gasteiger partial charge in [-0.2, -0.15) is 0 Å². The molecule has 20 heavy (non-hydrogen) atoms. The monoisotopic (exact) mass is 277 g/mol. The lowest BCUT2D eigenvalue weighted by atomic mass is 10.0. The fraction of sp³-hybridized carbons (Fsp3) is 0.588. The Morgan fingerprint density at radius 1 is 1.20 bits per heavy atom. The summed E-state index contributed by atoms with van der Waals surface area (Å²) in [5, 5.41) is 2.99. The maximum atomic E-state index is 12.1. The normalized spacial score (nSPS) is 13.9. The molecule has 0 radical (unpaired) electrons. The molecule has 1 aromatic carbocycles. The fourth-order valence-electron chi connectivity index (χ4n) is 2.17. The Hall–Kier alpha value is -1.51. The average molecular weight is 277 g/mol. The molecule has 3 nitrogen and oxygen atoms in total. The Kier molecular flexibility index (Phi) is 6.56. The van der Waals surface area contributed by atoms with Gasteiger partial charge in [-0.3, -0.25) is 4.79 Å². The summed E-state index contributed by atoms with van der Waals surface area (Å²) in [4.78, 5) is 12.1. The van der Waals surface area contributed by atoms with E-state index in [-0.39, 0.29) is 11.9 Å². The molecule has 0 saturated heterocycles. The van der Waals surface area contributed by atoms with Gasteiger partial charge in [0.05, 0.1) is 0 Å². The summed E-state index contributed by atoms with van der Waals surface area (Å²) in [7, 11) is 0. The van der Waals surface area contributed by atoms with Crippen molar-refractivity contribution in [3.05, 3.63) is 29.8 Å². The maximum Gasteiger partial charge on any atom is 0.260 e. The Morgan fingerprint density at radius 2 is 1.85 bits per heavy atom. The van der Waals surface area contributed by atoms with Crippen molar-refractivity contribution < 1.29 is 9.53 Å². The van der Waals surface area contributed by atoms with Crippen molar-refractivity contribution in [1.82, 2.24) is 5.32 Å². The van der Waals surface area contributed by atoms with Gasteiger partial charge in [-0.1, -0.05) is 45.4 Å². The number of rotatable bonds is 7. The molecule has 0 aliphatic rings. The molecule has 0 aromatic heterocycles. The van der Waals surface area contributed by atoms with E-state index in [0.29, 0.717) is 5.92 Å². The van der Waals surface area contributed by atoms with Gasteiger partial charge in [-0.15, -0.1) is 0 Å². The number of amides is 1. The molecule has 1 aromatic rings. The summed E-state index contributed by atoms with van der Waals surface area (Å²) in [5.41, 5.74) is 1.13. The lowest BCUT2D eigenvalue weighted by Crippen LogP contribution is -2.41. The topological polar surface area (TPSA) is 38.3 Å². The number of hydrogen-bond donors (Lipinski definition) is 1. The summed E-state index contributed by atoms with van der Waals surface area (Å²) < 4.78 is 5.84. The second-order valence-electron chi connectivity index (χ2n) is 5.65. The Balaban J connectivity index is 2.66. The van der Waals surface area contributed by atoms with Gasteiger partial charge in [0.25, 0.3) is 5.91 Å². The molecule has 0 fully saturated rings. The smallest absolute Gasteiger partial charge is 0.260 e. The van der Waals surface area contributed by atoms with Gasteiger partial charge in [0.1, 0.15) is 5.75 Å². The quantitative estimate of drug-likeness (QED) is 0.821. The van der Waals surface area contributed by atoms with Crippen LogP contribution < -0.4 is 10.1 Å². The first-order valence-electron chi connectivity index (χ1n) is 7.51. The van der Waals surface area contributed by atoms with Gasteiger partial charge in [-0.05, 0) is 37.8 Å². The average Bonchev–Trinajstić information content (AvgIpc) is 2.39. The molecule has 3 heteroatoms. The van der Waals surface area contributed by atoms with Gasteiger partial charge in [0, 0.05) is 6.04 Å². The van der Waals surface area contributed by atoms with E-state index in [1.807, 2.05) is 31.2 Å². The first-order valence-corrected chi connectivity index (χ1v) is 7.51. The van der Waals surface area contributed by atoms with Gasteiger partial charge in [-0.25, -0.2) is 0 Å². The highest BCUT2D eigenvalue weighted by molar-refractivity contribution is 5.81. The van der Waals surface area contributed by atoms with E-state index in [2.05, 4.69) is 26.1 Å². The molecule has 0 heterocycles. The lowest BCUT2D eigenvalue weighted by molar-refractivity contribution is -0.127. The van der Waals surface area contributed by atoms with Crippen LogP contribution in [0.5, 0.6) is 5.75 Å². The standard InChI is InChI=1S/C17H27NO2/c1-6-9-13(4)18-17(19)14(5)20-16-11-8-7-10-15(16)12(2)3/h7-8,10-14H,6,9H2,1-5H3,(H,18,19). The van der Waals surface area contributed by atoms with E-state index < -0.39 is 6.10 Å². The molecule has 1 rings (SSSR count). The van der Waals surface area contributed by atoms with E-state index in [1.54, 1.807) is 6.92 Å². The highest BCUT2D eigenvalue weighted by Crippen LogP contribution is 2.26. The summed E-state index contributed by atoms with van der Waals surface area (Å²) in [5.74, 6) is 1.12. The third-order valence-corrected chi connectivity index (χ3v) is 3.32. The van der Waals surface area contributed by atoms with E-state index in [1.165, 1.54) is 0 Å². The molecule has 1 N–H and O–H groups in total. The molecule has 0 aliphatic heterocycles. The van der Waals surface area contributed by atoms with Crippen LogP contribution in [0.25, 0.3) is 0 Å². The zero-order valence-electron chi connectivity index (χ0n) is 13.3. The minimum absolute atomic E-state index is 0.0514. The van der Waals surface area contributed by atoms with Crippen molar-refractivity contribution in [2.24, 2.45) is 0 Å².